The van der Waals surface area contributed by atoms with Gasteiger partial charge in [0.05, 0.1) is 11.1 Å². The number of nitrogens with one attached hydrogen (secondary N) is 1. The molecule has 2 N–H and O–H groups in total. The number of carbonyl (C=O) groups excluding carboxylic acids is 1. The van der Waals surface area contributed by atoms with Crippen LogP contribution in [0.5, 0.6) is 5.75 Å². The zero-order valence-corrected chi connectivity index (χ0v) is 10.9. The predicted molar refractivity (Wildman–Crippen MR) is 71.8 cm³/mol. The highest BCUT2D eigenvalue weighted by Crippen LogP contribution is 2.27. The summed E-state index contributed by atoms with van der Waals surface area (Å²) in [4.78, 5) is 24.1. The van der Waals surface area contributed by atoms with Crippen molar-refractivity contribution in [2.75, 3.05) is 6.54 Å². The molecule has 1 aromatic carbocycles. The number of amides is 1. The van der Waals surface area contributed by atoms with E-state index in [0.717, 1.165) is 17.3 Å². The molecule has 0 saturated carbocycles. The molecule has 1 aliphatic heterocycles. The Kier molecular flexibility index (Phi) is 3.05. The summed E-state index contributed by atoms with van der Waals surface area (Å²) in [7, 11) is 0. The van der Waals surface area contributed by atoms with Crippen LogP contribution in [0.15, 0.2) is 24.4 Å². The molecule has 1 aliphatic rings. The van der Waals surface area contributed by atoms with Crippen LogP contribution in [0.4, 0.5) is 5.69 Å². The number of aromatic hydroxyl groups is 1. The molecule has 0 aliphatic carbocycles. The second-order valence-corrected chi connectivity index (χ2v) is 4.81. The van der Waals surface area contributed by atoms with E-state index in [1.807, 2.05) is 0 Å². The monoisotopic (exact) mass is 288 g/mol. The number of H-pyrrole nitrogens is 1. The number of fused-ring (bicyclic) bond motifs is 1. The van der Waals surface area contributed by atoms with E-state index in [4.69, 9.17) is 0 Å². The van der Waals surface area contributed by atoms with E-state index < -0.39 is 16.4 Å². The molecule has 0 radical (unpaired) electrons. The number of aromatic nitrogens is 2. The Hall–Kier alpha value is -2.90. The predicted octanol–water partition coefficient (Wildman–Crippen LogP) is 1.22. The lowest BCUT2D eigenvalue weighted by Gasteiger charge is -2.26. The van der Waals surface area contributed by atoms with Crippen molar-refractivity contribution in [3.05, 3.63) is 51.3 Å². The lowest BCUT2D eigenvalue weighted by Crippen LogP contribution is -2.35. The summed E-state index contributed by atoms with van der Waals surface area (Å²) >= 11 is 0. The van der Waals surface area contributed by atoms with Crippen molar-refractivity contribution in [3.63, 3.8) is 0 Å². The van der Waals surface area contributed by atoms with E-state index >= 15 is 0 Å². The van der Waals surface area contributed by atoms with Gasteiger partial charge in [0.1, 0.15) is 0 Å². The van der Waals surface area contributed by atoms with Gasteiger partial charge in [-0.15, -0.1) is 0 Å². The maximum atomic E-state index is 12.4. The Bertz CT molecular complexity index is 725. The molecule has 0 spiro atoms. The number of nitro groups is 1. The van der Waals surface area contributed by atoms with E-state index in [9.17, 15) is 20.0 Å². The molecular formula is C13H12N4O4. The molecule has 1 aromatic heterocycles. The van der Waals surface area contributed by atoms with Gasteiger partial charge in [0, 0.05) is 42.4 Å². The fraction of sp³-hybridized carbons (Fsp3) is 0.231. The van der Waals surface area contributed by atoms with Crippen molar-refractivity contribution in [1.29, 1.82) is 0 Å². The van der Waals surface area contributed by atoms with Gasteiger partial charge in [0.15, 0.2) is 5.75 Å². The summed E-state index contributed by atoms with van der Waals surface area (Å²) in [5, 5.41) is 27.0. The first-order valence-corrected chi connectivity index (χ1v) is 6.34. The van der Waals surface area contributed by atoms with Crippen LogP contribution in [0.25, 0.3) is 0 Å². The van der Waals surface area contributed by atoms with Crippen LogP contribution in [-0.4, -0.2) is 37.6 Å². The first kappa shape index (κ1) is 13.1. The number of phenolic OH excluding ortho intramolecular Hbond substituents is 1. The highest BCUT2D eigenvalue weighted by Gasteiger charge is 2.25. The fourth-order valence-electron chi connectivity index (χ4n) is 2.38. The molecular weight excluding hydrogens is 276 g/mol. The molecule has 8 heteroatoms. The number of hydrogen-bond donors (Lipinski definition) is 2. The number of phenols is 1. The number of nitro benzene ring substituents is 1. The third-order valence-corrected chi connectivity index (χ3v) is 3.51. The van der Waals surface area contributed by atoms with Gasteiger partial charge >= 0.3 is 5.69 Å². The van der Waals surface area contributed by atoms with Crippen LogP contribution in [0, 0.1) is 10.1 Å². The summed E-state index contributed by atoms with van der Waals surface area (Å²) in [6, 6.07) is 3.65. The second kappa shape index (κ2) is 4.89. The average molecular weight is 288 g/mol. The van der Waals surface area contributed by atoms with E-state index in [2.05, 4.69) is 10.2 Å². The highest BCUT2D eigenvalue weighted by atomic mass is 16.6. The van der Waals surface area contributed by atoms with Crippen molar-refractivity contribution in [3.8, 4) is 5.75 Å². The van der Waals surface area contributed by atoms with Gasteiger partial charge in [-0.3, -0.25) is 20.0 Å². The molecule has 21 heavy (non-hydrogen) atoms. The number of benzene rings is 1. The lowest BCUT2D eigenvalue weighted by molar-refractivity contribution is -0.385. The van der Waals surface area contributed by atoms with Gasteiger partial charge in [0.25, 0.3) is 5.91 Å². The van der Waals surface area contributed by atoms with Gasteiger partial charge < -0.3 is 10.0 Å². The van der Waals surface area contributed by atoms with E-state index in [1.165, 1.54) is 12.1 Å². The number of aromatic amines is 1. The summed E-state index contributed by atoms with van der Waals surface area (Å²) in [6.07, 6.45) is 2.34. The van der Waals surface area contributed by atoms with Crippen molar-refractivity contribution < 1.29 is 14.8 Å². The van der Waals surface area contributed by atoms with Gasteiger partial charge in [-0.1, -0.05) is 0 Å². The number of rotatable bonds is 2. The molecule has 1 amide bonds. The maximum Gasteiger partial charge on any atom is 0.311 e. The first-order valence-electron chi connectivity index (χ1n) is 6.34. The zero-order valence-electron chi connectivity index (χ0n) is 10.9. The third kappa shape index (κ3) is 2.31. The fourth-order valence-corrected chi connectivity index (χ4v) is 2.38. The second-order valence-electron chi connectivity index (χ2n) is 4.81. The van der Waals surface area contributed by atoms with Gasteiger partial charge in [0.2, 0.25) is 0 Å². The van der Waals surface area contributed by atoms with E-state index in [0.29, 0.717) is 19.5 Å². The molecule has 0 unspecified atom stereocenters. The molecule has 8 nitrogen and oxygen atoms in total. The molecule has 3 rings (SSSR count). The molecule has 108 valence electrons. The molecule has 2 heterocycles. The van der Waals surface area contributed by atoms with Crippen LogP contribution >= 0.6 is 0 Å². The Balaban J connectivity index is 1.86. The summed E-state index contributed by atoms with van der Waals surface area (Å²) in [5.74, 6) is -0.753. The summed E-state index contributed by atoms with van der Waals surface area (Å²) in [5.41, 5.74) is 1.67. The highest BCUT2D eigenvalue weighted by molar-refractivity contribution is 5.95. The molecule has 0 fully saturated rings. The van der Waals surface area contributed by atoms with Crippen LogP contribution in [-0.2, 0) is 13.0 Å². The van der Waals surface area contributed by atoms with Gasteiger partial charge in [-0.05, 0) is 12.1 Å². The van der Waals surface area contributed by atoms with Crippen molar-refractivity contribution in [2.24, 2.45) is 0 Å². The van der Waals surface area contributed by atoms with Gasteiger partial charge in [-0.2, -0.15) is 5.10 Å². The smallest absolute Gasteiger partial charge is 0.311 e. The molecule has 2 aromatic rings. The summed E-state index contributed by atoms with van der Waals surface area (Å²) in [6.45, 7) is 0.933. The van der Waals surface area contributed by atoms with Crippen LogP contribution in [0.3, 0.4) is 0 Å². The SMILES string of the molecule is O=C(c1ccc(O)c([N+](=O)[O-])c1)N1CCc2[nH]ncc2C1. The Labute approximate surface area is 119 Å². The summed E-state index contributed by atoms with van der Waals surface area (Å²) < 4.78 is 0. The van der Waals surface area contributed by atoms with Crippen LogP contribution in [0.2, 0.25) is 0 Å². The minimum Gasteiger partial charge on any atom is -0.502 e. The lowest BCUT2D eigenvalue weighted by atomic mass is 10.1. The maximum absolute atomic E-state index is 12.4. The molecule has 0 atom stereocenters. The Morgan fingerprint density at radius 3 is 3.05 bits per heavy atom. The van der Waals surface area contributed by atoms with Crippen molar-refractivity contribution >= 4 is 11.6 Å². The number of hydrogen-bond acceptors (Lipinski definition) is 5. The standard InChI is InChI=1S/C13H12N4O4/c18-12-2-1-8(5-11(12)17(20)21)13(19)16-4-3-10-9(7-16)6-14-15-10/h1-2,5-6,18H,3-4,7H2,(H,14,15). The zero-order chi connectivity index (χ0) is 15.0. The Morgan fingerprint density at radius 2 is 2.29 bits per heavy atom. The van der Waals surface area contributed by atoms with E-state index in [-0.39, 0.29) is 11.5 Å². The van der Waals surface area contributed by atoms with Gasteiger partial charge in [-0.25, -0.2) is 0 Å². The third-order valence-electron chi connectivity index (χ3n) is 3.51. The molecule has 0 saturated heterocycles. The minimum atomic E-state index is -0.712. The van der Waals surface area contributed by atoms with Crippen molar-refractivity contribution in [1.82, 2.24) is 15.1 Å². The van der Waals surface area contributed by atoms with E-state index in [1.54, 1.807) is 11.1 Å². The average Bonchev–Trinajstić information content (AvgIpc) is 2.94. The largest absolute Gasteiger partial charge is 0.502 e. The topological polar surface area (TPSA) is 112 Å². The first-order chi connectivity index (χ1) is 10.1. The number of carbonyl (C=O) groups is 1. The van der Waals surface area contributed by atoms with Crippen LogP contribution < -0.4 is 0 Å². The minimum absolute atomic E-state index is 0.187. The van der Waals surface area contributed by atoms with Crippen molar-refractivity contribution in [2.45, 2.75) is 13.0 Å². The molecule has 0 bridgehead atoms. The normalized spacial score (nSPS) is 13.8. The quantitative estimate of drug-likeness (QED) is 0.637. The van der Waals surface area contributed by atoms with Crippen LogP contribution in [0.1, 0.15) is 21.6 Å². The Morgan fingerprint density at radius 1 is 1.48 bits per heavy atom. The number of nitrogens with zero attached hydrogens (tertiary/aromatic N) is 3.